The zero-order valence-corrected chi connectivity index (χ0v) is 85.1. The van der Waals surface area contributed by atoms with Crippen molar-refractivity contribution in [3.05, 3.63) is 384 Å². The Bertz CT molecular complexity index is 7350. The van der Waals surface area contributed by atoms with Crippen molar-refractivity contribution in [3.63, 3.8) is 0 Å². The highest BCUT2D eigenvalue weighted by molar-refractivity contribution is 6.32. The van der Waals surface area contributed by atoms with E-state index < -0.39 is 64.6 Å². The minimum absolute atomic E-state index is 0.145. The molecule has 10 N–H and O–H groups in total. The minimum atomic E-state index is -0.760. The van der Waals surface area contributed by atoms with E-state index in [2.05, 4.69) is 26.5 Å². The Labute approximate surface area is 878 Å². The first-order chi connectivity index (χ1) is 71.6. The number of hydrogen-bond acceptors (Lipinski definition) is 19. The molecule has 0 fully saturated rings. The van der Waals surface area contributed by atoms with Gasteiger partial charge in [0, 0.05) is 134 Å². The third-order valence-corrected chi connectivity index (χ3v) is 27.9. The van der Waals surface area contributed by atoms with E-state index in [0.717, 1.165) is 117 Å². The number of hydrogen-bond donors (Lipinski definition) is 10. The number of carbonyl (C=O) groups is 4. The third kappa shape index (κ3) is 24.1. The number of benzene rings is 12. The van der Waals surface area contributed by atoms with Crippen molar-refractivity contribution in [1.29, 1.82) is 0 Å². The maximum absolute atomic E-state index is 13.5. The maximum atomic E-state index is 13.5. The number of H-pyrrole nitrogens is 4. The molecule has 8 heterocycles. The molecule has 4 amide bonds. The number of aliphatic hydroxyl groups is 6. The molecule has 4 aliphatic rings. The lowest BCUT2D eigenvalue weighted by Crippen LogP contribution is -2.42. The quantitative estimate of drug-likeness (QED) is 0.0214. The van der Waals surface area contributed by atoms with Crippen LogP contribution in [0.5, 0.6) is 51.7 Å². The Hall–Kier alpha value is -14.2. The Morgan fingerprint density at radius 1 is 0.331 bits per heavy atom. The van der Waals surface area contributed by atoms with Gasteiger partial charge in [0.2, 0.25) is 0 Å². The van der Waals surface area contributed by atoms with Crippen molar-refractivity contribution in [3.8, 4) is 51.7 Å². The van der Waals surface area contributed by atoms with E-state index in [9.17, 15) is 54.2 Å². The highest BCUT2D eigenvalue weighted by Gasteiger charge is 2.42. The normalized spacial score (nSPS) is 15.3. The van der Waals surface area contributed by atoms with Gasteiger partial charge in [-0.25, -0.2) is 23.6 Å². The monoisotopic (exact) mass is 2100 g/mol. The summed E-state index contributed by atoms with van der Waals surface area (Å²) in [7, 11) is 1.58. The molecule has 33 heteroatoms. The molecule has 0 unspecified atom stereocenters. The zero-order chi connectivity index (χ0) is 104. The van der Waals surface area contributed by atoms with Crippen molar-refractivity contribution in [2.24, 2.45) is 16.2 Å². The van der Waals surface area contributed by atoms with E-state index in [-0.39, 0.29) is 71.3 Å². The van der Waals surface area contributed by atoms with E-state index in [0.29, 0.717) is 124 Å². The maximum Gasteiger partial charge on any atom is 0.416 e. The lowest BCUT2D eigenvalue weighted by atomic mass is 9.92. The topological polar surface area (TPSA) is 349 Å². The van der Waals surface area contributed by atoms with Crippen LogP contribution < -0.4 is 42.6 Å². The molecule has 0 radical (unpaired) electrons. The summed E-state index contributed by atoms with van der Waals surface area (Å²) in [6.45, 7) is 10.5. The second-order valence-corrected chi connectivity index (χ2v) is 39.9. The smallest absolute Gasteiger partial charge is 0.416 e. The molecule has 4 atom stereocenters. The number of amides is 4. The molecule has 27 nitrogen and oxygen atoms in total. The summed E-state index contributed by atoms with van der Waals surface area (Å²) >= 11 is 31.1. The highest BCUT2D eigenvalue weighted by atomic mass is 35.5. The zero-order valence-electron chi connectivity index (χ0n) is 81.3. The van der Waals surface area contributed by atoms with Gasteiger partial charge in [-0.3, -0.25) is 19.6 Å². The number of nitrogens with one attached hydrogen (secondary N) is 4. The molecule has 20 rings (SSSR count). The van der Waals surface area contributed by atoms with Crippen molar-refractivity contribution >= 4 is 126 Å². The van der Waals surface area contributed by atoms with Crippen LogP contribution >= 0.6 is 58.0 Å². The van der Waals surface area contributed by atoms with Crippen LogP contribution in [-0.4, -0.2) is 194 Å². The molecule has 148 heavy (non-hydrogen) atoms. The fourth-order valence-electron chi connectivity index (χ4n) is 18.3. The predicted octanol–water partition coefficient (Wildman–Crippen LogP) is 23.3. The van der Waals surface area contributed by atoms with Gasteiger partial charge in [0.05, 0.1) is 66.6 Å². The molecule has 0 saturated carbocycles. The van der Waals surface area contributed by atoms with Crippen LogP contribution in [0.2, 0.25) is 25.1 Å². The van der Waals surface area contributed by atoms with Crippen molar-refractivity contribution in [2.45, 2.75) is 70.6 Å². The summed E-state index contributed by atoms with van der Waals surface area (Å²) < 4.78 is 64.5. The molecular formula is C115H110Cl5FN8O19. The van der Waals surface area contributed by atoms with Gasteiger partial charge in [-0.2, -0.15) is 0 Å². The van der Waals surface area contributed by atoms with Gasteiger partial charge < -0.3 is 93.2 Å². The number of aromatic nitrogens is 4. The second kappa shape index (κ2) is 46.9. The first-order valence-electron chi connectivity index (χ1n) is 48.1. The van der Waals surface area contributed by atoms with Gasteiger partial charge in [-0.05, 0) is 276 Å². The SMILES string of the molecule is C=CCOc1ccc([C@@H]2c3[nH]c4ccc(Cl)cc4c3CCN2C(=O)Oc2ccc(Cl)cc2)cc1.CC(CO)(CO)COc1ccc([C@H]2c3[nH]c4ccc(Cl)cc4c3CCN2C(=O)Oc2ccc(F)cc2)cc1.CC(CO)(CO)COc1ccc([C@H]2c3[nH]c4ccc(Cl)cc4c3CCN2C(=O)Oc2ccccc2)cc1.COc1ccc(OC(=O)N2CCc3c([nH]c4ccc(Cl)cc34)[C@@H]2c2ccc(OCC(C)(CO)CO)cc2)cc1. The summed E-state index contributed by atoms with van der Waals surface area (Å²) in [6.07, 6.45) is 2.42. The van der Waals surface area contributed by atoms with Crippen LogP contribution in [0, 0.1) is 22.1 Å². The minimum Gasteiger partial charge on any atom is -0.497 e. The number of halogens is 6. The van der Waals surface area contributed by atoms with Crippen LogP contribution in [0.3, 0.4) is 0 Å². The molecule has 0 saturated heterocycles. The molecular weight excluding hydrogens is 1990 g/mol. The molecule has 0 bridgehead atoms. The Kier molecular flexibility index (Phi) is 33.3. The van der Waals surface area contributed by atoms with Gasteiger partial charge in [-0.15, -0.1) is 0 Å². The van der Waals surface area contributed by atoms with Crippen molar-refractivity contribution in [2.75, 3.05) is 99.4 Å². The fraction of sp³-hybridized carbons (Fsp3) is 0.252. The number of para-hydroxylation sites is 1. The molecule has 4 aliphatic heterocycles. The number of aromatic amines is 4. The summed E-state index contributed by atoms with van der Waals surface area (Å²) in [5.41, 5.74) is 13.3. The summed E-state index contributed by atoms with van der Waals surface area (Å²) in [5.74, 6) is 4.37. The van der Waals surface area contributed by atoms with Crippen LogP contribution in [-0.2, 0) is 25.7 Å². The van der Waals surface area contributed by atoms with Crippen molar-refractivity contribution < 1.29 is 96.8 Å². The highest BCUT2D eigenvalue weighted by Crippen LogP contribution is 2.47. The van der Waals surface area contributed by atoms with Crippen LogP contribution in [0.4, 0.5) is 23.6 Å². The van der Waals surface area contributed by atoms with E-state index in [1.807, 2.05) is 176 Å². The van der Waals surface area contributed by atoms with E-state index in [4.69, 9.17) is 101 Å². The summed E-state index contributed by atoms with van der Waals surface area (Å²) in [5, 5.41) is 64.6. The van der Waals surface area contributed by atoms with Crippen LogP contribution in [0.1, 0.15) is 112 Å². The number of carbonyl (C=O) groups excluding carboxylic acids is 4. The standard InChI is InChI=1S/C30H31ClN2O6.C29H28ClFN2O5.C29H29ClN2O5.C27H22Cl2N2O3/c1-30(16-34,17-35)18-38-22-6-3-19(4-7-22)28-27-24(25-15-20(31)5-12-26(25)32-27)13-14-33(28)29(36)39-23-10-8-21(37-2)9-11-23;1-29(15-34,16-35)17-37-21-7-2-18(3-8-21)27-26-23(24-14-19(30)4-11-25(24)32-26)12-13-33(27)28(36)38-22-9-5-20(31)6-10-22;1-29(16-33,17-34)18-36-21-10-7-19(8-11-21)27-26-23(24-15-20(30)9-12-25(24)31-26)13-14-32(27)28(35)37-22-5-3-2-4-6-22;1-2-15-33-20-8-3-17(4-9-20)26-25-22(23-16-19(29)7-12-24(23)30-25)13-14-31(26)27(32)34-21-10-5-18(28)6-11-21/h3-12,15,28,32,34-35H,13-14,16-18H2,1-2H3;2-11,14,27,32,34-35H,12-13,15-17H2,1H3;2-12,15,27,31,33-34H,13-14,16-18H2,1H3;2-12,16,26,30H,1,13-15H2/t28-;2*27-;26-/m0001/s1. The first-order valence-corrected chi connectivity index (χ1v) is 50.0. The van der Waals surface area contributed by atoms with E-state index in [1.54, 1.807) is 126 Å². The fourth-order valence-corrected chi connectivity index (χ4v) is 19.1. The molecule has 0 aliphatic carbocycles. The molecule has 16 aromatic rings. The lowest BCUT2D eigenvalue weighted by molar-refractivity contribution is 0.0285. The van der Waals surface area contributed by atoms with Gasteiger partial charge in [0.15, 0.2) is 0 Å². The third-order valence-electron chi connectivity index (χ3n) is 26.7. The van der Waals surface area contributed by atoms with E-state index >= 15 is 0 Å². The van der Waals surface area contributed by atoms with E-state index in [1.165, 1.54) is 24.3 Å². The molecule has 12 aromatic carbocycles. The molecule has 766 valence electrons. The van der Waals surface area contributed by atoms with Crippen LogP contribution in [0.25, 0.3) is 43.6 Å². The van der Waals surface area contributed by atoms with Gasteiger partial charge in [0.1, 0.15) is 88.3 Å². The Morgan fingerprint density at radius 2 is 0.568 bits per heavy atom. The summed E-state index contributed by atoms with van der Waals surface area (Å²) in [4.78, 5) is 74.4. The van der Waals surface area contributed by atoms with Gasteiger partial charge >= 0.3 is 24.4 Å². The number of aliphatic hydroxyl groups excluding tert-OH is 6. The lowest BCUT2D eigenvalue weighted by Gasteiger charge is -2.35. The largest absolute Gasteiger partial charge is 0.497 e. The molecule has 0 spiro atoms. The number of rotatable bonds is 27. The summed E-state index contributed by atoms with van der Waals surface area (Å²) in [6, 6.07) is 79.3. The van der Waals surface area contributed by atoms with Gasteiger partial charge in [-0.1, -0.05) is 158 Å². The number of nitrogens with zero attached hydrogens (tertiary/aromatic N) is 4. The number of ether oxygens (including phenoxy) is 9. The Balaban J connectivity index is 0.000000135. The number of methoxy groups -OCH3 is 1. The van der Waals surface area contributed by atoms with Gasteiger partial charge in [0.25, 0.3) is 0 Å². The Morgan fingerprint density at radius 3 is 0.831 bits per heavy atom. The first kappa shape index (κ1) is 105. The average molecular weight is 2100 g/mol. The van der Waals surface area contributed by atoms with Crippen molar-refractivity contribution in [1.82, 2.24) is 39.5 Å². The average Bonchev–Trinajstić information content (AvgIpc) is 1.60. The number of fused-ring (bicyclic) bond motifs is 12. The molecule has 4 aromatic heterocycles. The predicted molar refractivity (Wildman–Crippen MR) is 568 cm³/mol. The van der Waals surface area contributed by atoms with Crippen LogP contribution in [0.15, 0.2) is 286 Å². The second-order valence-electron chi connectivity index (χ2n) is 37.7.